The molecule has 8 heteroatoms. The lowest BCUT2D eigenvalue weighted by Gasteiger charge is -2.19. The van der Waals surface area contributed by atoms with Gasteiger partial charge in [0, 0.05) is 6.42 Å². The topological polar surface area (TPSA) is 81.3 Å². The Labute approximate surface area is 177 Å². The van der Waals surface area contributed by atoms with Crippen molar-refractivity contribution >= 4 is 28.9 Å². The molecule has 0 spiro atoms. The van der Waals surface area contributed by atoms with Crippen LogP contribution in [0.15, 0.2) is 63.6 Å². The zero-order valence-electron chi connectivity index (χ0n) is 16.5. The SMILES string of the molecule is COc1ccc(C2=NN(C(=O)COC(=O)c3sccc3C)C(c3ccco3)C2)cc1. The number of nitrogens with zero attached hydrogens (tertiary/aromatic N) is 2. The Hall–Kier alpha value is -3.39. The van der Waals surface area contributed by atoms with Crippen molar-refractivity contribution in [2.24, 2.45) is 5.10 Å². The molecule has 0 radical (unpaired) electrons. The van der Waals surface area contributed by atoms with Gasteiger partial charge in [-0.15, -0.1) is 11.3 Å². The number of hydrogen-bond acceptors (Lipinski definition) is 7. The fourth-order valence-corrected chi connectivity index (χ4v) is 4.06. The summed E-state index contributed by atoms with van der Waals surface area (Å²) < 4.78 is 16.0. The van der Waals surface area contributed by atoms with Crippen molar-refractivity contribution in [2.75, 3.05) is 13.7 Å². The van der Waals surface area contributed by atoms with Gasteiger partial charge in [0.05, 0.1) is 19.1 Å². The van der Waals surface area contributed by atoms with Crippen LogP contribution in [0.2, 0.25) is 0 Å². The molecule has 154 valence electrons. The van der Waals surface area contributed by atoms with E-state index in [0.29, 0.717) is 17.1 Å². The van der Waals surface area contributed by atoms with Gasteiger partial charge in [0.25, 0.3) is 5.91 Å². The smallest absolute Gasteiger partial charge is 0.349 e. The summed E-state index contributed by atoms with van der Waals surface area (Å²) in [5, 5.41) is 7.67. The summed E-state index contributed by atoms with van der Waals surface area (Å²) in [6.07, 6.45) is 2.05. The maximum atomic E-state index is 12.9. The average molecular weight is 424 g/mol. The van der Waals surface area contributed by atoms with E-state index in [1.807, 2.05) is 42.6 Å². The van der Waals surface area contributed by atoms with Gasteiger partial charge in [0.15, 0.2) is 6.61 Å². The molecule has 1 amide bonds. The number of amides is 1. The van der Waals surface area contributed by atoms with Crippen LogP contribution in [0.3, 0.4) is 0 Å². The molecule has 1 unspecified atom stereocenters. The second-order valence-electron chi connectivity index (χ2n) is 6.76. The number of rotatable bonds is 6. The molecular weight excluding hydrogens is 404 g/mol. The van der Waals surface area contributed by atoms with E-state index < -0.39 is 24.5 Å². The lowest BCUT2D eigenvalue weighted by atomic mass is 10.0. The molecule has 1 aromatic carbocycles. The van der Waals surface area contributed by atoms with E-state index in [9.17, 15) is 9.59 Å². The number of carbonyl (C=O) groups is 2. The Morgan fingerprint density at radius 3 is 2.67 bits per heavy atom. The van der Waals surface area contributed by atoms with Crippen LogP contribution in [0.1, 0.15) is 39.0 Å². The molecule has 1 atom stereocenters. The second kappa shape index (κ2) is 8.54. The molecule has 2 aromatic heterocycles. The first-order chi connectivity index (χ1) is 14.6. The first kappa shape index (κ1) is 19.9. The van der Waals surface area contributed by atoms with Gasteiger partial charge in [0.2, 0.25) is 0 Å². The first-order valence-corrected chi connectivity index (χ1v) is 10.2. The summed E-state index contributed by atoms with van der Waals surface area (Å²) in [5.74, 6) is 0.436. The van der Waals surface area contributed by atoms with Gasteiger partial charge in [-0.2, -0.15) is 5.10 Å². The van der Waals surface area contributed by atoms with Crippen molar-refractivity contribution in [2.45, 2.75) is 19.4 Å². The summed E-state index contributed by atoms with van der Waals surface area (Å²) in [6.45, 7) is 1.43. The van der Waals surface area contributed by atoms with Crippen molar-refractivity contribution in [3.63, 3.8) is 0 Å². The molecule has 1 aliphatic heterocycles. The molecule has 4 rings (SSSR count). The average Bonchev–Trinajstić information content (AvgIpc) is 3.51. The van der Waals surface area contributed by atoms with Crippen LogP contribution in [0.25, 0.3) is 0 Å². The lowest BCUT2D eigenvalue weighted by molar-refractivity contribution is -0.136. The highest BCUT2D eigenvalue weighted by Gasteiger charge is 2.35. The Kier molecular flexibility index (Phi) is 5.67. The summed E-state index contributed by atoms with van der Waals surface area (Å²) in [5.41, 5.74) is 2.45. The molecular formula is C22H20N2O5S. The van der Waals surface area contributed by atoms with E-state index in [1.165, 1.54) is 16.3 Å². The molecule has 0 bridgehead atoms. The van der Waals surface area contributed by atoms with Gasteiger partial charge in [-0.25, -0.2) is 9.80 Å². The van der Waals surface area contributed by atoms with Gasteiger partial charge >= 0.3 is 5.97 Å². The van der Waals surface area contributed by atoms with E-state index in [2.05, 4.69) is 5.10 Å². The predicted octanol–water partition coefficient (Wildman–Crippen LogP) is 4.19. The molecule has 0 aliphatic carbocycles. The van der Waals surface area contributed by atoms with Crippen molar-refractivity contribution < 1.29 is 23.5 Å². The largest absolute Gasteiger partial charge is 0.497 e. The number of thiophene rings is 1. The maximum Gasteiger partial charge on any atom is 0.349 e. The summed E-state index contributed by atoms with van der Waals surface area (Å²) >= 11 is 1.29. The zero-order valence-corrected chi connectivity index (χ0v) is 17.3. The van der Waals surface area contributed by atoms with Gasteiger partial charge in [-0.05, 0) is 65.9 Å². The van der Waals surface area contributed by atoms with Crippen LogP contribution in [0.4, 0.5) is 0 Å². The summed E-state index contributed by atoms with van der Waals surface area (Å²) in [4.78, 5) is 25.6. The predicted molar refractivity (Wildman–Crippen MR) is 112 cm³/mol. The standard InChI is InChI=1S/C22H20N2O5S/c1-14-9-11-30-21(14)22(26)29-13-20(25)24-18(19-4-3-10-28-19)12-17(23-24)15-5-7-16(27-2)8-6-15/h3-11,18H,12-13H2,1-2H3. The fourth-order valence-electron chi connectivity index (χ4n) is 3.24. The third-order valence-corrected chi connectivity index (χ3v) is 5.83. The molecule has 3 aromatic rings. The molecule has 0 N–H and O–H groups in total. The molecule has 30 heavy (non-hydrogen) atoms. The molecule has 1 aliphatic rings. The second-order valence-corrected chi connectivity index (χ2v) is 7.67. The number of esters is 1. The third-order valence-electron chi connectivity index (χ3n) is 4.83. The van der Waals surface area contributed by atoms with E-state index in [4.69, 9.17) is 13.9 Å². The maximum absolute atomic E-state index is 12.9. The lowest BCUT2D eigenvalue weighted by Crippen LogP contribution is -2.31. The number of hydrazone groups is 1. The van der Waals surface area contributed by atoms with Crippen LogP contribution in [0.5, 0.6) is 5.75 Å². The fraction of sp³-hybridized carbons (Fsp3) is 0.227. The monoisotopic (exact) mass is 424 g/mol. The van der Waals surface area contributed by atoms with Crippen LogP contribution in [0, 0.1) is 6.92 Å². The van der Waals surface area contributed by atoms with Crippen LogP contribution < -0.4 is 4.74 Å². The van der Waals surface area contributed by atoms with Crippen LogP contribution in [-0.4, -0.2) is 36.3 Å². The minimum Gasteiger partial charge on any atom is -0.497 e. The van der Waals surface area contributed by atoms with E-state index in [1.54, 1.807) is 25.5 Å². The minimum atomic E-state index is -0.510. The number of furan rings is 1. The highest BCUT2D eigenvalue weighted by molar-refractivity contribution is 7.12. The summed E-state index contributed by atoms with van der Waals surface area (Å²) in [7, 11) is 1.61. The van der Waals surface area contributed by atoms with Gasteiger partial charge < -0.3 is 13.9 Å². The Balaban J connectivity index is 1.52. The number of ether oxygens (including phenoxy) is 2. The summed E-state index contributed by atoms with van der Waals surface area (Å²) in [6, 6.07) is 12.5. The minimum absolute atomic E-state index is 0.396. The van der Waals surface area contributed by atoms with E-state index in [0.717, 1.165) is 22.6 Å². The van der Waals surface area contributed by atoms with E-state index >= 15 is 0 Å². The van der Waals surface area contributed by atoms with Crippen molar-refractivity contribution in [1.82, 2.24) is 5.01 Å². The van der Waals surface area contributed by atoms with Gasteiger partial charge in [0.1, 0.15) is 22.4 Å². The van der Waals surface area contributed by atoms with Gasteiger partial charge in [-0.3, -0.25) is 4.79 Å². The number of benzene rings is 1. The molecule has 7 nitrogen and oxygen atoms in total. The number of hydrogen-bond donors (Lipinski definition) is 0. The van der Waals surface area contributed by atoms with Crippen molar-refractivity contribution in [3.8, 4) is 5.75 Å². The molecule has 3 heterocycles. The Bertz CT molecular complexity index is 1070. The number of aryl methyl sites for hydroxylation is 1. The zero-order chi connectivity index (χ0) is 21.1. The third kappa shape index (κ3) is 3.99. The number of methoxy groups -OCH3 is 1. The van der Waals surface area contributed by atoms with Gasteiger partial charge in [-0.1, -0.05) is 0 Å². The molecule has 0 saturated heterocycles. The highest BCUT2D eigenvalue weighted by Crippen LogP contribution is 2.33. The quantitative estimate of drug-likeness (QED) is 0.554. The van der Waals surface area contributed by atoms with Crippen LogP contribution in [-0.2, 0) is 9.53 Å². The highest BCUT2D eigenvalue weighted by atomic mass is 32.1. The Morgan fingerprint density at radius 1 is 1.23 bits per heavy atom. The van der Waals surface area contributed by atoms with Crippen molar-refractivity contribution in [3.05, 3.63) is 75.9 Å². The first-order valence-electron chi connectivity index (χ1n) is 9.35. The van der Waals surface area contributed by atoms with Crippen LogP contribution >= 0.6 is 11.3 Å². The Morgan fingerprint density at radius 2 is 2.03 bits per heavy atom. The van der Waals surface area contributed by atoms with E-state index in [-0.39, 0.29) is 0 Å². The van der Waals surface area contributed by atoms with Crippen molar-refractivity contribution in [1.29, 1.82) is 0 Å². The number of carbonyl (C=O) groups excluding carboxylic acids is 2. The molecule has 0 fully saturated rings. The molecule has 0 saturated carbocycles. The normalized spacial score (nSPS) is 15.7.